The molecule has 0 saturated carbocycles. The Kier molecular flexibility index (Phi) is 4.58. The summed E-state index contributed by atoms with van der Waals surface area (Å²) in [5.41, 5.74) is 1.14. The number of benzene rings is 1. The number of aromatic amines is 1. The molecule has 1 fully saturated rings. The number of carbonyl (C=O) groups excluding carboxylic acids is 1. The number of halogens is 1. The van der Waals surface area contributed by atoms with Gasteiger partial charge in [-0.3, -0.25) is 4.79 Å². The fraction of sp³-hybridized carbons (Fsp3) is 0.476. The number of nitrogens with zero attached hydrogens (tertiary/aromatic N) is 5. The minimum atomic E-state index is -0.313. The van der Waals surface area contributed by atoms with E-state index >= 15 is 0 Å². The van der Waals surface area contributed by atoms with E-state index in [1.807, 2.05) is 4.90 Å². The molecular formula is C21H25FN6O. The van der Waals surface area contributed by atoms with E-state index in [9.17, 15) is 9.18 Å². The zero-order chi connectivity index (χ0) is 20.0. The van der Waals surface area contributed by atoms with Crippen LogP contribution in [0.5, 0.6) is 0 Å². The van der Waals surface area contributed by atoms with Crippen LogP contribution >= 0.6 is 0 Å². The van der Waals surface area contributed by atoms with Crippen molar-refractivity contribution < 1.29 is 9.18 Å². The molecule has 2 aliphatic rings. The highest BCUT2D eigenvalue weighted by Gasteiger charge is 2.28. The van der Waals surface area contributed by atoms with Gasteiger partial charge in [-0.15, -0.1) is 10.2 Å². The minimum absolute atomic E-state index is 0.0562. The third-order valence-corrected chi connectivity index (χ3v) is 6.15. The molecule has 4 heterocycles. The number of H-pyrrole nitrogens is 1. The third kappa shape index (κ3) is 3.42. The van der Waals surface area contributed by atoms with Gasteiger partial charge >= 0.3 is 0 Å². The molecule has 0 aliphatic carbocycles. The molecule has 2 aliphatic heterocycles. The van der Waals surface area contributed by atoms with Crippen LogP contribution in [0.4, 0.5) is 4.39 Å². The molecule has 5 rings (SSSR count). The lowest BCUT2D eigenvalue weighted by molar-refractivity contribution is 0.0753. The summed E-state index contributed by atoms with van der Waals surface area (Å²) < 4.78 is 15.7. The average molecular weight is 396 g/mol. The Bertz CT molecular complexity index is 1060. The summed E-state index contributed by atoms with van der Waals surface area (Å²) in [5.74, 6) is 2.05. The van der Waals surface area contributed by atoms with Crippen molar-refractivity contribution in [3.05, 3.63) is 47.4 Å². The van der Waals surface area contributed by atoms with Crippen molar-refractivity contribution in [2.45, 2.75) is 31.7 Å². The fourth-order valence-electron chi connectivity index (χ4n) is 4.61. The SMILES string of the molecule is CN1CCC[C@@H](c2nnc3n2CCN(C(=O)c2cc4ccc(F)cc4[nH]2)CC3)C1. The van der Waals surface area contributed by atoms with E-state index in [1.54, 1.807) is 12.1 Å². The highest BCUT2D eigenvalue weighted by atomic mass is 19.1. The maximum absolute atomic E-state index is 13.5. The van der Waals surface area contributed by atoms with Crippen LogP contribution in [0.25, 0.3) is 10.9 Å². The largest absolute Gasteiger partial charge is 0.350 e. The van der Waals surface area contributed by atoms with Crippen molar-refractivity contribution in [3.8, 4) is 0 Å². The standard InChI is InChI=1S/C21H25FN6O/c1-26-7-2-3-15(13-26)20-25-24-19-6-8-27(9-10-28(19)20)21(29)18-11-14-4-5-16(22)12-17(14)23-18/h4-5,11-12,15,23H,2-3,6-10,13H2,1H3/t15-/m1/s1. The predicted octanol–water partition coefficient (Wildman–Crippen LogP) is 2.41. The summed E-state index contributed by atoms with van der Waals surface area (Å²) in [6, 6.07) is 6.32. The van der Waals surface area contributed by atoms with E-state index in [1.165, 1.54) is 18.6 Å². The van der Waals surface area contributed by atoms with E-state index in [0.29, 0.717) is 43.2 Å². The molecule has 8 heteroatoms. The first-order chi connectivity index (χ1) is 14.1. The number of piperidine rings is 1. The molecule has 3 aromatic rings. The first-order valence-corrected chi connectivity index (χ1v) is 10.3. The summed E-state index contributed by atoms with van der Waals surface area (Å²) in [5, 5.41) is 9.78. The predicted molar refractivity (Wildman–Crippen MR) is 107 cm³/mol. The van der Waals surface area contributed by atoms with Gasteiger partial charge in [0.15, 0.2) is 0 Å². The number of likely N-dealkylation sites (tertiary alicyclic amines) is 1. The van der Waals surface area contributed by atoms with Gasteiger partial charge in [-0.05, 0) is 50.7 Å². The van der Waals surface area contributed by atoms with E-state index < -0.39 is 0 Å². The number of hydrogen-bond acceptors (Lipinski definition) is 4. The molecule has 0 unspecified atom stereocenters. The van der Waals surface area contributed by atoms with Gasteiger partial charge < -0.3 is 19.4 Å². The lowest BCUT2D eigenvalue weighted by Gasteiger charge is -2.29. The molecule has 152 valence electrons. The fourth-order valence-corrected chi connectivity index (χ4v) is 4.61. The number of carbonyl (C=O) groups is 1. The number of likely N-dealkylation sites (N-methyl/N-ethyl adjacent to an activating group) is 1. The topological polar surface area (TPSA) is 70.1 Å². The normalized spacial score (nSPS) is 20.6. The van der Waals surface area contributed by atoms with Crippen LogP contribution in [0.1, 0.15) is 40.9 Å². The van der Waals surface area contributed by atoms with Crippen molar-refractivity contribution in [1.82, 2.24) is 29.5 Å². The monoisotopic (exact) mass is 396 g/mol. The van der Waals surface area contributed by atoms with Crippen molar-refractivity contribution >= 4 is 16.8 Å². The molecule has 0 radical (unpaired) electrons. The van der Waals surface area contributed by atoms with Crippen molar-refractivity contribution in [3.63, 3.8) is 0 Å². The Morgan fingerprint density at radius 3 is 2.93 bits per heavy atom. The Morgan fingerprint density at radius 2 is 2.07 bits per heavy atom. The number of fused-ring (bicyclic) bond motifs is 2. The van der Waals surface area contributed by atoms with Gasteiger partial charge in [-0.2, -0.15) is 0 Å². The van der Waals surface area contributed by atoms with E-state index in [2.05, 4.69) is 31.7 Å². The minimum Gasteiger partial charge on any atom is -0.350 e. The van der Waals surface area contributed by atoms with Crippen LogP contribution in [-0.4, -0.2) is 68.7 Å². The zero-order valence-corrected chi connectivity index (χ0v) is 16.6. The molecule has 29 heavy (non-hydrogen) atoms. The van der Waals surface area contributed by atoms with Gasteiger partial charge in [0.1, 0.15) is 23.2 Å². The second-order valence-corrected chi connectivity index (χ2v) is 8.18. The van der Waals surface area contributed by atoms with E-state index in [0.717, 1.165) is 36.5 Å². The molecular weight excluding hydrogens is 371 g/mol. The molecule has 1 aromatic carbocycles. The summed E-state index contributed by atoms with van der Waals surface area (Å²) >= 11 is 0. The second kappa shape index (κ2) is 7.26. The van der Waals surface area contributed by atoms with Gasteiger partial charge in [0.25, 0.3) is 5.91 Å². The molecule has 1 atom stereocenters. The number of nitrogens with one attached hydrogen (secondary N) is 1. The molecule has 1 saturated heterocycles. The molecule has 0 bridgehead atoms. The van der Waals surface area contributed by atoms with E-state index in [4.69, 9.17) is 0 Å². The smallest absolute Gasteiger partial charge is 0.270 e. The summed E-state index contributed by atoms with van der Waals surface area (Å²) in [7, 11) is 2.15. The first kappa shape index (κ1) is 18.3. The maximum atomic E-state index is 13.5. The van der Waals surface area contributed by atoms with Crippen LogP contribution in [0.3, 0.4) is 0 Å². The van der Waals surface area contributed by atoms with Gasteiger partial charge in [0, 0.05) is 49.4 Å². The molecule has 7 nitrogen and oxygen atoms in total. The number of rotatable bonds is 2. The van der Waals surface area contributed by atoms with Crippen molar-refractivity contribution in [2.75, 3.05) is 33.2 Å². The van der Waals surface area contributed by atoms with Crippen molar-refractivity contribution in [2.24, 2.45) is 0 Å². The van der Waals surface area contributed by atoms with Crippen LogP contribution in [-0.2, 0) is 13.0 Å². The quantitative estimate of drug-likeness (QED) is 0.722. The zero-order valence-electron chi connectivity index (χ0n) is 16.6. The van der Waals surface area contributed by atoms with Gasteiger partial charge in [-0.25, -0.2) is 4.39 Å². The summed E-state index contributed by atoms with van der Waals surface area (Å²) in [6.45, 7) is 4.06. The Hall–Kier alpha value is -2.74. The lowest BCUT2D eigenvalue weighted by atomic mass is 9.97. The highest BCUT2D eigenvalue weighted by molar-refractivity contribution is 5.98. The molecule has 0 spiro atoms. The van der Waals surface area contributed by atoms with Gasteiger partial charge in [-0.1, -0.05) is 0 Å². The third-order valence-electron chi connectivity index (χ3n) is 6.15. The van der Waals surface area contributed by atoms with Crippen molar-refractivity contribution in [1.29, 1.82) is 0 Å². The first-order valence-electron chi connectivity index (χ1n) is 10.3. The lowest BCUT2D eigenvalue weighted by Crippen LogP contribution is -2.34. The van der Waals surface area contributed by atoms with E-state index in [-0.39, 0.29) is 11.7 Å². The van der Waals surface area contributed by atoms with Crippen LogP contribution in [0.15, 0.2) is 24.3 Å². The maximum Gasteiger partial charge on any atom is 0.270 e. The Morgan fingerprint density at radius 1 is 1.17 bits per heavy atom. The average Bonchev–Trinajstić information content (AvgIpc) is 3.25. The summed E-state index contributed by atoms with van der Waals surface area (Å²) in [4.78, 5) is 20.3. The summed E-state index contributed by atoms with van der Waals surface area (Å²) in [6.07, 6.45) is 3.00. The van der Waals surface area contributed by atoms with Crippen LogP contribution in [0, 0.1) is 5.82 Å². The highest BCUT2D eigenvalue weighted by Crippen LogP contribution is 2.26. The Labute approximate surface area is 168 Å². The Balaban J connectivity index is 1.34. The van der Waals surface area contributed by atoms with Crippen LogP contribution < -0.4 is 0 Å². The van der Waals surface area contributed by atoms with Crippen LogP contribution in [0.2, 0.25) is 0 Å². The molecule has 1 amide bonds. The second-order valence-electron chi connectivity index (χ2n) is 8.18. The number of aromatic nitrogens is 4. The number of hydrogen-bond donors (Lipinski definition) is 1. The van der Waals surface area contributed by atoms with Gasteiger partial charge in [0.2, 0.25) is 0 Å². The number of amides is 1. The molecule has 2 aromatic heterocycles. The van der Waals surface area contributed by atoms with Gasteiger partial charge in [0.05, 0.1) is 0 Å². The molecule has 1 N–H and O–H groups in total.